The Morgan fingerprint density at radius 3 is 2.13 bits per heavy atom. The molecular weight excluding hydrogens is 472 g/mol. The Kier molecular flexibility index (Phi) is 9.98. The lowest BCUT2D eigenvalue weighted by Gasteiger charge is -2.31. The number of carboxylic acid groups (broad SMARTS) is 1. The van der Waals surface area contributed by atoms with E-state index in [2.05, 4.69) is 95.1 Å². The average Bonchev–Trinajstić information content (AvgIpc) is 2.87. The molecule has 0 aliphatic rings. The zero-order chi connectivity index (χ0) is 27.9. The van der Waals surface area contributed by atoms with Crippen molar-refractivity contribution in [3.63, 3.8) is 0 Å². The summed E-state index contributed by atoms with van der Waals surface area (Å²) >= 11 is 0. The number of benzene rings is 3. The Morgan fingerprint density at radius 1 is 0.921 bits per heavy atom. The molecule has 3 aromatic carbocycles. The van der Waals surface area contributed by atoms with Gasteiger partial charge in [0, 0.05) is 24.8 Å². The second-order valence-corrected chi connectivity index (χ2v) is 11.1. The summed E-state index contributed by atoms with van der Waals surface area (Å²) in [6, 6.07) is 21.3. The monoisotopic (exact) mass is 516 g/mol. The number of nitrogens with zero attached hydrogens (tertiary/aromatic N) is 1. The molecule has 0 aromatic heterocycles. The van der Waals surface area contributed by atoms with Crippen molar-refractivity contribution in [1.29, 1.82) is 0 Å². The molecule has 0 aliphatic carbocycles. The molecule has 3 rings (SSSR count). The molecule has 0 unspecified atom stereocenters. The number of nitrogens with one attached hydrogen (secondary N) is 1. The van der Waals surface area contributed by atoms with Gasteiger partial charge in [0.1, 0.15) is 5.75 Å². The molecule has 0 atom stereocenters. The molecule has 0 bridgehead atoms. The van der Waals surface area contributed by atoms with Gasteiger partial charge in [-0.25, -0.2) is 4.79 Å². The largest absolute Gasteiger partial charge is 0.511 e. The van der Waals surface area contributed by atoms with Crippen LogP contribution in [0.4, 0.5) is 10.5 Å². The third-order valence-electron chi connectivity index (χ3n) is 6.90. The first kappa shape index (κ1) is 29.2. The first-order valence-electron chi connectivity index (χ1n) is 13.8. The van der Waals surface area contributed by atoms with E-state index < -0.39 is 6.16 Å². The predicted molar refractivity (Wildman–Crippen MR) is 160 cm³/mol. The van der Waals surface area contributed by atoms with Crippen LogP contribution < -0.4 is 15.0 Å². The highest BCUT2D eigenvalue weighted by atomic mass is 16.7. The maximum Gasteiger partial charge on any atom is 0.511 e. The van der Waals surface area contributed by atoms with E-state index in [9.17, 15) is 4.79 Å². The molecule has 0 saturated carbocycles. The minimum Gasteiger partial charge on any atom is -0.449 e. The highest BCUT2D eigenvalue weighted by Crippen LogP contribution is 2.38. The zero-order valence-corrected chi connectivity index (χ0v) is 24.1. The van der Waals surface area contributed by atoms with Gasteiger partial charge >= 0.3 is 6.16 Å². The summed E-state index contributed by atoms with van der Waals surface area (Å²) in [4.78, 5) is 13.3. The lowest BCUT2D eigenvalue weighted by atomic mass is 9.82. The van der Waals surface area contributed by atoms with E-state index in [1.54, 1.807) is 12.1 Å². The van der Waals surface area contributed by atoms with Crippen molar-refractivity contribution in [3.8, 4) is 28.0 Å². The fourth-order valence-corrected chi connectivity index (χ4v) is 4.87. The van der Waals surface area contributed by atoms with Crippen molar-refractivity contribution in [2.75, 3.05) is 24.5 Å². The summed E-state index contributed by atoms with van der Waals surface area (Å²) in [5.74, 6) is 0.317. The van der Waals surface area contributed by atoms with Gasteiger partial charge in [0.25, 0.3) is 0 Å². The first-order valence-corrected chi connectivity index (χ1v) is 13.8. The van der Waals surface area contributed by atoms with Gasteiger partial charge in [0.2, 0.25) is 0 Å². The smallest absolute Gasteiger partial charge is 0.449 e. The minimum absolute atomic E-state index is 0.00681. The van der Waals surface area contributed by atoms with Gasteiger partial charge in [-0.3, -0.25) is 0 Å². The fourth-order valence-electron chi connectivity index (χ4n) is 4.87. The molecular formula is C33H44N2O3. The maximum absolute atomic E-state index is 10.9. The average molecular weight is 517 g/mol. The summed E-state index contributed by atoms with van der Waals surface area (Å²) in [6.07, 6.45) is 0.748. The van der Waals surface area contributed by atoms with Crippen LogP contribution in [0.25, 0.3) is 22.3 Å². The Hall–Kier alpha value is -3.31. The van der Waals surface area contributed by atoms with Crippen LogP contribution in [-0.4, -0.2) is 36.9 Å². The minimum atomic E-state index is -1.31. The van der Waals surface area contributed by atoms with Gasteiger partial charge in [-0.1, -0.05) is 65.0 Å². The number of hydrogen-bond acceptors (Lipinski definition) is 4. The number of aryl methyl sites for hydroxylation is 1. The van der Waals surface area contributed by atoms with Crippen LogP contribution in [0, 0.1) is 0 Å². The van der Waals surface area contributed by atoms with E-state index in [-0.39, 0.29) is 5.41 Å². The van der Waals surface area contributed by atoms with Crippen molar-refractivity contribution < 1.29 is 14.6 Å². The van der Waals surface area contributed by atoms with Gasteiger partial charge in [0.05, 0.1) is 0 Å². The number of anilines is 1. The van der Waals surface area contributed by atoms with Gasteiger partial charge < -0.3 is 20.1 Å². The Bertz CT molecular complexity index is 1210. The Labute approximate surface area is 228 Å². The van der Waals surface area contributed by atoms with Crippen LogP contribution in [0.2, 0.25) is 0 Å². The van der Waals surface area contributed by atoms with Crippen LogP contribution in [0.5, 0.6) is 5.75 Å². The van der Waals surface area contributed by atoms with Gasteiger partial charge in [-0.15, -0.1) is 0 Å². The maximum atomic E-state index is 10.9. The van der Waals surface area contributed by atoms with E-state index >= 15 is 0 Å². The lowest BCUT2D eigenvalue weighted by molar-refractivity contribution is 0.144. The Balaban J connectivity index is 2.08. The number of rotatable bonds is 11. The summed E-state index contributed by atoms with van der Waals surface area (Å²) in [5, 5.41) is 12.4. The lowest BCUT2D eigenvalue weighted by Crippen LogP contribution is -2.26. The molecule has 0 spiro atoms. The van der Waals surface area contributed by atoms with Gasteiger partial charge in [-0.05, 0) is 102 Å². The molecule has 5 nitrogen and oxygen atoms in total. The Morgan fingerprint density at radius 2 is 1.55 bits per heavy atom. The van der Waals surface area contributed by atoms with Crippen molar-refractivity contribution in [1.82, 2.24) is 5.32 Å². The summed E-state index contributed by atoms with van der Waals surface area (Å²) in [5.41, 5.74) is 8.59. The summed E-state index contributed by atoms with van der Waals surface area (Å²) in [7, 11) is 0. The van der Waals surface area contributed by atoms with E-state index in [4.69, 9.17) is 9.84 Å². The van der Waals surface area contributed by atoms with Crippen LogP contribution >= 0.6 is 0 Å². The van der Waals surface area contributed by atoms with Crippen LogP contribution in [-0.2, 0) is 11.8 Å². The zero-order valence-electron chi connectivity index (χ0n) is 24.1. The highest BCUT2D eigenvalue weighted by Gasteiger charge is 2.22. The number of hydrogen-bond donors (Lipinski definition) is 2. The van der Waals surface area contributed by atoms with Gasteiger partial charge in [-0.2, -0.15) is 0 Å². The molecule has 0 amide bonds. The van der Waals surface area contributed by atoms with Crippen molar-refractivity contribution in [3.05, 3.63) is 71.8 Å². The molecule has 3 aromatic rings. The van der Waals surface area contributed by atoms with Gasteiger partial charge in [0.15, 0.2) is 0 Å². The van der Waals surface area contributed by atoms with Crippen molar-refractivity contribution >= 4 is 11.8 Å². The van der Waals surface area contributed by atoms with E-state index in [1.807, 2.05) is 12.1 Å². The standard InChI is InChI=1S/C33H44N2O3/c1-8-35(9-2)31-19-16-27(22-30(31)33(5,6)7)29-21-26(13-12-25(29)11-10-20-34-23(3)4)24-14-17-28(18-15-24)38-32(36)37/h12-19,21-23,34H,8-11,20H2,1-7H3,(H,36,37). The number of ether oxygens (including phenoxy) is 1. The SMILES string of the molecule is CCN(CC)c1ccc(-c2cc(-c3ccc(OC(=O)O)cc3)ccc2CCCNC(C)C)cc1C(C)(C)C. The van der Waals surface area contributed by atoms with Crippen LogP contribution in [0.15, 0.2) is 60.7 Å². The molecule has 204 valence electrons. The molecule has 0 heterocycles. The van der Waals surface area contributed by atoms with Crippen LogP contribution in [0.1, 0.15) is 66.0 Å². The molecule has 0 radical (unpaired) electrons. The predicted octanol–water partition coefficient (Wildman–Crippen LogP) is 8.15. The summed E-state index contributed by atoms with van der Waals surface area (Å²) < 4.78 is 4.79. The van der Waals surface area contributed by atoms with E-state index in [0.717, 1.165) is 43.6 Å². The molecule has 0 fully saturated rings. The molecule has 2 N–H and O–H groups in total. The second-order valence-electron chi connectivity index (χ2n) is 11.1. The summed E-state index contributed by atoms with van der Waals surface area (Å²) in [6.45, 7) is 18.6. The highest BCUT2D eigenvalue weighted by molar-refractivity contribution is 5.78. The molecule has 0 aliphatic heterocycles. The molecule has 5 heteroatoms. The second kappa shape index (κ2) is 13.0. The molecule has 38 heavy (non-hydrogen) atoms. The van der Waals surface area contributed by atoms with Crippen molar-refractivity contribution in [2.45, 2.75) is 72.8 Å². The van der Waals surface area contributed by atoms with Crippen LogP contribution in [0.3, 0.4) is 0 Å². The molecule has 0 saturated heterocycles. The topological polar surface area (TPSA) is 61.8 Å². The quantitative estimate of drug-likeness (QED) is 0.153. The van der Waals surface area contributed by atoms with E-state index in [1.165, 1.54) is 27.9 Å². The normalized spacial score (nSPS) is 11.6. The van der Waals surface area contributed by atoms with Crippen molar-refractivity contribution in [2.24, 2.45) is 0 Å². The third-order valence-corrected chi connectivity index (χ3v) is 6.90. The van der Waals surface area contributed by atoms with E-state index in [0.29, 0.717) is 11.8 Å². The number of carbonyl (C=O) groups is 1. The first-order chi connectivity index (χ1) is 18.0. The fraction of sp³-hybridized carbons (Fsp3) is 0.424. The third kappa shape index (κ3) is 7.61.